The molecule has 0 aromatic rings. The van der Waals surface area contributed by atoms with Crippen molar-refractivity contribution in [3.63, 3.8) is 0 Å². The largest absolute Gasteiger partial charge is 0.316 e. The Labute approximate surface area is 85.7 Å². The molecule has 0 radical (unpaired) electrons. The van der Waals surface area contributed by atoms with E-state index in [1.54, 1.807) is 4.31 Å². The van der Waals surface area contributed by atoms with Gasteiger partial charge in [0.05, 0.1) is 5.75 Å². The molecule has 2 aliphatic rings. The third-order valence-electron chi connectivity index (χ3n) is 3.25. The first-order chi connectivity index (χ1) is 6.61. The first kappa shape index (κ1) is 10.4. The summed E-state index contributed by atoms with van der Waals surface area (Å²) in [5, 5.41) is 3.29. The predicted octanol–water partition coefficient (Wildman–Crippen LogP) is 0.0199. The Hall–Kier alpha value is -0.130. The van der Waals surface area contributed by atoms with Gasteiger partial charge in [-0.25, -0.2) is 8.42 Å². The van der Waals surface area contributed by atoms with Gasteiger partial charge in [-0.3, -0.25) is 0 Å². The van der Waals surface area contributed by atoms with Crippen LogP contribution in [0.2, 0.25) is 0 Å². The maximum atomic E-state index is 11.7. The van der Waals surface area contributed by atoms with Gasteiger partial charge >= 0.3 is 0 Å². The van der Waals surface area contributed by atoms with Crippen molar-refractivity contribution in [3.05, 3.63) is 0 Å². The molecule has 0 amide bonds. The minimum atomic E-state index is -2.91. The van der Waals surface area contributed by atoms with Gasteiger partial charge in [0.2, 0.25) is 10.0 Å². The quantitative estimate of drug-likeness (QED) is 0.675. The van der Waals surface area contributed by atoms with E-state index in [2.05, 4.69) is 12.2 Å². The number of hydrogen-bond acceptors (Lipinski definition) is 3. The highest BCUT2D eigenvalue weighted by atomic mass is 32.2. The van der Waals surface area contributed by atoms with Crippen LogP contribution in [0.4, 0.5) is 0 Å². The summed E-state index contributed by atoms with van der Waals surface area (Å²) < 4.78 is 25.2. The zero-order chi connectivity index (χ0) is 10.2. The lowest BCUT2D eigenvalue weighted by Gasteiger charge is -2.35. The maximum absolute atomic E-state index is 11.7. The highest BCUT2D eigenvalue weighted by Gasteiger charge is 2.37. The van der Waals surface area contributed by atoms with E-state index < -0.39 is 10.0 Å². The van der Waals surface area contributed by atoms with Gasteiger partial charge in [0.1, 0.15) is 0 Å². The van der Waals surface area contributed by atoms with Crippen LogP contribution in [0.1, 0.15) is 19.8 Å². The van der Waals surface area contributed by atoms with Crippen LogP contribution in [0.5, 0.6) is 0 Å². The highest BCUT2D eigenvalue weighted by Crippen LogP contribution is 2.25. The Morgan fingerprint density at radius 1 is 1.43 bits per heavy atom. The lowest BCUT2D eigenvalue weighted by Crippen LogP contribution is -2.49. The molecule has 2 atom stereocenters. The topological polar surface area (TPSA) is 49.4 Å². The van der Waals surface area contributed by atoms with Crippen LogP contribution in [0.3, 0.4) is 0 Å². The van der Waals surface area contributed by atoms with Crippen LogP contribution in [0.25, 0.3) is 0 Å². The van der Waals surface area contributed by atoms with Crippen LogP contribution in [0, 0.1) is 5.92 Å². The number of hydrogen-bond donors (Lipinski definition) is 1. The lowest BCUT2D eigenvalue weighted by molar-refractivity contribution is 0.212. The molecule has 0 aromatic carbocycles. The molecule has 5 heteroatoms. The van der Waals surface area contributed by atoms with Crippen molar-refractivity contribution in [2.75, 3.05) is 25.4 Å². The lowest BCUT2D eigenvalue weighted by atomic mass is 9.95. The van der Waals surface area contributed by atoms with E-state index in [9.17, 15) is 8.42 Å². The van der Waals surface area contributed by atoms with E-state index in [4.69, 9.17) is 0 Å². The molecule has 2 heterocycles. The fourth-order valence-electron chi connectivity index (χ4n) is 2.46. The van der Waals surface area contributed by atoms with E-state index >= 15 is 0 Å². The third-order valence-corrected chi connectivity index (χ3v) is 5.22. The second-order valence-electron chi connectivity index (χ2n) is 4.32. The molecule has 14 heavy (non-hydrogen) atoms. The molecule has 2 unspecified atom stereocenters. The SMILES string of the molecule is CC1CNCCC1N1CCCS1(=O)=O. The minimum Gasteiger partial charge on any atom is -0.316 e. The number of piperidine rings is 1. The van der Waals surface area contributed by atoms with E-state index in [0.29, 0.717) is 11.7 Å². The summed E-state index contributed by atoms with van der Waals surface area (Å²) in [6.07, 6.45) is 1.76. The zero-order valence-electron chi connectivity index (χ0n) is 8.57. The Balaban J connectivity index is 2.13. The van der Waals surface area contributed by atoms with Crippen molar-refractivity contribution in [3.8, 4) is 0 Å². The van der Waals surface area contributed by atoms with Crippen molar-refractivity contribution in [1.82, 2.24) is 9.62 Å². The molecule has 2 fully saturated rings. The Kier molecular flexibility index (Phi) is 2.81. The van der Waals surface area contributed by atoms with Crippen LogP contribution in [-0.4, -0.2) is 44.2 Å². The second-order valence-corrected chi connectivity index (χ2v) is 6.36. The summed E-state index contributed by atoms with van der Waals surface area (Å²) in [7, 11) is -2.91. The van der Waals surface area contributed by atoms with Crippen molar-refractivity contribution < 1.29 is 8.42 Å². The van der Waals surface area contributed by atoms with Gasteiger partial charge in [-0.05, 0) is 31.8 Å². The van der Waals surface area contributed by atoms with Crippen LogP contribution >= 0.6 is 0 Å². The van der Waals surface area contributed by atoms with E-state index in [-0.39, 0.29) is 6.04 Å². The van der Waals surface area contributed by atoms with Gasteiger partial charge in [-0.2, -0.15) is 4.31 Å². The molecule has 2 saturated heterocycles. The van der Waals surface area contributed by atoms with Crippen molar-refractivity contribution >= 4 is 10.0 Å². The molecule has 0 aliphatic carbocycles. The van der Waals surface area contributed by atoms with Crippen LogP contribution in [0.15, 0.2) is 0 Å². The predicted molar refractivity (Wildman–Crippen MR) is 55.5 cm³/mol. The first-order valence-electron chi connectivity index (χ1n) is 5.31. The molecule has 0 aromatic heterocycles. The van der Waals surface area contributed by atoms with Crippen molar-refractivity contribution in [1.29, 1.82) is 0 Å². The van der Waals surface area contributed by atoms with Gasteiger partial charge < -0.3 is 5.32 Å². The van der Waals surface area contributed by atoms with E-state index in [0.717, 1.165) is 32.5 Å². The third kappa shape index (κ3) is 1.81. The molecule has 2 aliphatic heterocycles. The fraction of sp³-hybridized carbons (Fsp3) is 1.00. The summed E-state index contributed by atoms with van der Waals surface area (Å²) in [5.74, 6) is 0.792. The molecule has 4 nitrogen and oxygen atoms in total. The smallest absolute Gasteiger partial charge is 0.214 e. The van der Waals surface area contributed by atoms with Crippen molar-refractivity contribution in [2.45, 2.75) is 25.8 Å². The Morgan fingerprint density at radius 3 is 2.79 bits per heavy atom. The van der Waals surface area contributed by atoms with Gasteiger partial charge in [-0.1, -0.05) is 6.92 Å². The minimum absolute atomic E-state index is 0.240. The standard InChI is InChI=1S/C9H18N2O2S/c1-8-7-10-4-3-9(8)11-5-2-6-14(11,12)13/h8-10H,2-7H2,1H3. The number of nitrogens with zero attached hydrogens (tertiary/aromatic N) is 1. The molecular formula is C9H18N2O2S. The van der Waals surface area contributed by atoms with Gasteiger partial charge in [0.15, 0.2) is 0 Å². The Morgan fingerprint density at radius 2 is 2.21 bits per heavy atom. The molecule has 1 N–H and O–H groups in total. The van der Waals surface area contributed by atoms with Gasteiger partial charge in [0.25, 0.3) is 0 Å². The van der Waals surface area contributed by atoms with E-state index in [1.165, 1.54) is 0 Å². The van der Waals surface area contributed by atoms with E-state index in [1.807, 2.05) is 0 Å². The molecule has 0 saturated carbocycles. The van der Waals surface area contributed by atoms with Gasteiger partial charge in [-0.15, -0.1) is 0 Å². The zero-order valence-corrected chi connectivity index (χ0v) is 9.39. The summed E-state index contributed by atoms with van der Waals surface area (Å²) in [6.45, 7) is 4.75. The maximum Gasteiger partial charge on any atom is 0.214 e. The monoisotopic (exact) mass is 218 g/mol. The van der Waals surface area contributed by atoms with Crippen molar-refractivity contribution in [2.24, 2.45) is 5.92 Å². The average Bonchev–Trinajstić information content (AvgIpc) is 2.46. The fourth-order valence-corrected chi connectivity index (χ4v) is 4.32. The second kappa shape index (κ2) is 3.79. The molecule has 82 valence electrons. The molecule has 0 spiro atoms. The normalized spacial score (nSPS) is 38.6. The number of nitrogens with one attached hydrogen (secondary N) is 1. The summed E-state index contributed by atoms with van der Waals surface area (Å²) >= 11 is 0. The average molecular weight is 218 g/mol. The number of sulfonamides is 1. The van der Waals surface area contributed by atoms with Crippen LogP contribution in [-0.2, 0) is 10.0 Å². The first-order valence-corrected chi connectivity index (χ1v) is 6.92. The van der Waals surface area contributed by atoms with Crippen LogP contribution < -0.4 is 5.32 Å². The van der Waals surface area contributed by atoms with Gasteiger partial charge in [0, 0.05) is 12.6 Å². The summed E-state index contributed by atoms with van der Waals surface area (Å²) in [6, 6.07) is 0.240. The molecule has 2 rings (SSSR count). The summed E-state index contributed by atoms with van der Waals surface area (Å²) in [5.41, 5.74) is 0. The number of rotatable bonds is 1. The molecule has 0 bridgehead atoms. The summed E-state index contributed by atoms with van der Waals surface area (Å²) in [4.78, 5) is 0. The highest BCUT2D eigenvalue weighted by molar-refractivity contribution is 7.89. The molecular weight excluding hydrogens is 200 g/mol. The Bertz CT molecular complexity index is 302.